The number of pyridine rings is 1. The molecule has 0 unspecified atom stereocenters. The summed E-state index contributed by atoms with van der Waals surface area (Å²) in [5.74, 6) is -0.689. The van der Waals surface area contributed by atoms with Gasteiger partial charge in [0.2, 0.25) is 0 Å². The van der Waals surface area contributed by atoms with Gasteiger partial charge in [0.25, 0.3) is 0 Å². The lowest BCUT2D eigenvalue weighted by Gasteiger charge is -2.17. The van der Waals surface area contributed by atoms with E-state index >= 15 is 0 Å². The lowest BCUT2D eigenvalue weighted by Crippen LogP contribution is -2.02. The van der Waals surface area contributed by atoms with Crippen LogP contribution in [0.2, 0.25) is 0 Å². The fourth-order valence-electron chi connectivity index (χ4n) is 3.98. The van der Waals surface area contributed by atoms with E-state index in [9.17, 15) is 13.3 Å². The van der Waals surface area contributed by atoms with Gasteiger partial charge in [-0.25, -0.2) is 13.8 Å². The highest BCUT2D eigenvalue weighted by Gasteiger charge is 2.24. The van der Waals surface area contributed by atoms with Crippen molar-refractivity contribution in [2.75, 3.05) is 25.6 Å². The molecule has 174 valence electrons. The number of hydrogen-bond donors (Lipinski definition) is 1. The van der Waals surface area contributed by atoms with E-state index in [0.29, 0.717) is 42.1 Å². The molecule has 0 spiro atoms. The largest absolute Gasteiger partial charge is 0.373 e. The van der Waals surface area contributed by atoms with Crippen LogP contribution < -0.4 is 5.32 Å². The van der Waals surface area contributed by atoms with Crippen molar-refractivity contribution in [2.45, 2.75) is 26.6 Å². The van der Waals surface area contributed by atoms with Crippen molar-refractivity contribution in [3.8, 4) is 0 Å². The van der Waals surface area contributed by atoms with Gasteiger partial charge in [0.1, 0.15) is 23.0 Å². The van der Waals surface area contributed by atoms with E-state index in [1.54, 1.807) is 27.0 Å². The molecule has 0 saturated carbocycles. The molecule has 0 radical (unpaired) electrons. The van der Waals surface area contributed by atoms with Crippen LogP contribution in [0.3, 0.4) is 0 Å². The second-order valence-electron chi connectivity index (χ2n) is 7.60. The molecule has 2 heterocycles. The van der Waals surface area contributed by atoms with Gasteiger partial charge < -0.3 is 18.9 Å². The summed E-state index contributed by atoms with van der Waals surface area (Å²) in [5, 5.41) is 3.24. The molecule has 0 aliphatic rings. The standard InChI is InChI=1S/C24H26F2N3O3P/c1-4-31-33(30,32-5-2)15-17-8-6-16(7-9-17)14-29-20-10-11-22(27-3)28-24(20)23-19(26)12-18(25)13-21(23)29/h6-13H,4-5,14-15H2,1-3H3,(H,27,28). The number of halogens is 2. The van der Waals surface area contributed by atoms with Crippen molar-refractivity contribution >= 4 is 35.3 Å². The van der Waals surface area contributed by atoms with Crippen LogP contribution in [0.15, 0.2) is 48.5 Å². The fraction of sp³-hybridized carbons (Fsp3) is 0.292. The first-order valence-electron chi connectivity index (χ1n) is 10.8. The predicted octanol–water partition coefficient (Wildman–Crippen LogP) is 6.32. The molecule has 4 rings (SSSR count). The Morgan fingerprint density at radius 1 is 0.970 bits per heavy atom. The third-order valence-corrected chi connectivity index (χ3v) is 7.43. The van der Waals surface area contributed by atoms with Crippen LogP contribution in [0.1, 0.15) is 25.0 Å². The van der Waals surface area contributed by atoms with Crippen molar-refractivity contribution in [1.82, 2.24) is 9.55 Å². The number of anilines is 1. The van der Waals surface area contributed by atoms with Crippen LogP contribution >= 0.6 is 7.60 Å². The Kier molecular flexibility index (Phi) is 6.79. The van der Waals surface area contributed by atoms with Crippen LogP contribution in [-0.2, 0) is 26.3 Å². The minimum atomic E-state index is -3.20. The number of nitrogens with one attached hydrogen (secondary N) is 1. The highest BCUT2D eigenvalue weighted by molar-refractivity contribution is 7.53. The average Bonchev–Trinajstić information content (AvgIpc) is 3.08. The summed E-state index contributed by atoms with van der Waals surface area (Å²) in [6, 6.07) is 13.4. The van der Waals surface area contributed by atoms with Crippen LogP contribution in [0, 0.1) is 11.6 Å². The summed E-state index contributed by atoms with van der Waals surface area (Å²) in [6.45, 7) is 4.55. The van der Waals surface area contributed by atoms with E-state index in [0.717, 1.165) is 17.2 Å². The Morgan fingerprint density at radius 3 is 2.27 bits per heavy atom. The summed E-state index contributed by atoms with van der Waals surface area (Å²) < 4.78 is 54.2. The van der Waals surface area contributed by atoms with Crippen LogP contribution in [-0.4, -0.2) is 29.8 Å². The average molecular weight is 473 g/mol. The second kappa shape index (κ2) is 9.59. The van der Waals surface area contributed by atoms with E-state index in [-0.39, 0.29) is 11.5 Å². The zero-order valence-corrected chi connectivity index (χ0v) is 19.7. The third kappa shape index (κ3) is 4.78. The van der Waals surface area contributed by atoms with Gasteiger partial charge in [-0.3, -0.25) is 4.57 Å². The smallest absolute Gasteiger partial charge is 0.335 e. The molecule has 9 heteroatoms. The molecule has 2 aromatic carbocycles. The first-order chi connectivity index (χ1) is 15.9. The lowest BCUT2D eigenvalue weighted by atomic mass is 10.1. The van der Waals surface area contributed by atoms with Crippen LogP contribution in [0.4, 0.5) is 14.6 Å². The molecule has 2 aromatic heterocycles. The minimum absolute atomic E-state index is 0.178. The Morgan fingerprint density at radius 2 is 1.64 bits per heavy atom. The molecule has 0 fully saturated rings. The molecule has 0 aliphatic heterocycles. The number of hydrogen-bond acceptors (Lipinski definition) is 5. The summed E-state index contributed by atoms with van der Waals surface area (Å²) in [7, 11) is -1.46. The van der Waals surface area contributed by atoms with Crippen molar-refractivity contribution in [2.24, 2.45) is 0 Å². The molecule has 4 aromatic rings. The Hall–Kier alpha value is -2.80. The zero-order valence-electron chi connectivity index (χ0n) is 18.8. The van der Waals surface area contributed by atoms with Gasteiger partial charge in [-0.1, -0.05) is 24.3 Å². The van der Waals surface area contributed by atoms with Gasteiger partial charge in [-0.05, 0) is 43.2 Å². The van der Waals surface area contributed by atoms with Gasteiger partial charge in [0.15, 0.2) is 0 Å². The van der Waals surface area contributed by atoms with Crippen molar-refractivity contribution in [3.05, 3.63) is 71.3 Å². The SMILES string of the molecule is CCOP(=O)(Cc1ccc(Cn2c3ccc(NC)nc3c3c(F)cc(F)cc32)cc1)OCC. The Bertz CT molecular complexity index is 1330. The maximum atomic E-state index is 14.7. The van der Waals surface area contributed by atoms with Crippen LogP contribution in [0.5, 0.6) is 0 Å². The van der Waals surface area contributed by atoms with Gasteiger partial charge >= 0.3 is 7.60 Å². The molecule has 33 heavy (non-hydrogen) atoms. The lowest BCUT2D eigenvalue weighted by molar-refractivity contribution is 0.219. The maximum absolute atomic E-state index is 14.7. The summed E-state index contributed by atoms with van der Waals surface area (Å²) in [5.41, 5.74) is 3.35. The number of fused-ring (bicyclic) bond motifs is 3. The van der Waals surface area contributed by atoms with Gasteiger partial charge in [0, 0.05) is 19.7 Å². The Labute approximate surface area is 191 Å². The maximum Gasteiger partial charge on any atom is 0.335 e. The highest BCUT2D eigenvalue weighted by atomic mass is 31.2. The quantitative estimate of drug-likeness (QED) is 0.288. The molecular weight excluding hydrogens is 447 g/mol. The number of benzene rings is 2. The monoisotopic (exact) mass is 473 g/mol. The summed E-state index contributed by atoms with van der Waals surface area (Å²) in [4.78, 5) is 4.51. The fourth-order valence-corrected chi connectivity index (χ4v) is 5.68. The zero-order chi connectivity index (χ0) is 23.6. The third-order valence-electron chi connectivity index (χ3n) is 5.37. The van der Waals surface area contributed by atoms with E-state index in [2.05, 4.69) is 10.3 Å². The van der Waals surface area contributed by atoms with Gasteiger partial charge in [0.05, 0.1) is 35.8 Å². The molecule has 1 N–H and O–H groups in total. The van der Waals surface area contributed by atoms with E-state index in [4.69, 9.17) is 9.05 Å². The van der Waals surface area contributed by atoms with Crippen molar-refractivity contribution in [3.63, 3.8) is 0 Å². The number of nitrogens with zero attached hydrogens (tertiary/aromatic N) is 2. The topological polar surface area (TPSA) is 65.4 Å². The number of rotatable bonds is 9. The highest BCUT2D eigenvalue weighted by Crippen LogP contribution is 2.51. The number of aromatic nitrogens is 2. The molecule has 0 bridgehead atoms. The predicted molar refractivity (Wildman–Crippen MR) is 127 cm³/mol. The molecule has 0 aliphatic carbocycles. The summed E-state index contributed by atoms with van der Waals surface area (Å²) >= 11 is 0. The van der Waals surface area contributed by atoms with E-state index in [1.165, 1.54) is 6.07 Å². The van der Waals surface area contributed by atoms with Gasteiger partial charge in [-0.2, -0.15) is 0 Å². The summed E-state index contributed by atoms with van der Waals surface area (Å²) in [6.07, 6.45) is 0.178. The Balaban J connectivity index is 1.71. The van der Waals surface area contributed by atoms with Crippen molar-refractivity contribution < 1.29 is 22.4 Å². The van der Waals surface area contributed by atoms with Crippen molar-refractivity contribution in [1.29, 1.82) is 0 Å². The molecule has 0 amide bonds. The van der Waals surface area contributed by atoms with E-state index in [1.807, 2.05) is 34.9 Å². The normalized spacial score (nSPS) is 12.0. The molecule has 6 nitrogen and oxygen atoms in total. The molecule has 0 saturated heterocycles. The van der Waals surface area contributed by atoms with E-state index < -0.39 is 19.2 Å². The second-order valence-corrected chi connectivity index (χ2v) is 9.66. The first-order valence-corrected chi connectivity index (χ1v) is 12.5. The van der Waals surface area contributed by atoms with Crippen LogP contribution in [0.25, 0.3) is 21.9 Å². The molecule has 0 atom stereocenters. The minimum Gasteiger partial charge on any atom is -0.373 e. The molecular formula is C24H26F2N3O3P. The first kappa shape index (κ1) is 23.4. The van der Waals surface area contributed by atoms with Gasteiger partial charge in [-0.15, -0.1) is 0 Å².